The summed E-state index contributed by atoms with van der Waals surface area (Å²) in [4.78, 5) is 2.26. The maximum Gasteiger partial charge on any atom is 0.125 e. The van der Waals surface area contributed by atoms with Crippen LogP contribution in [0.4, 0.5) is 4.39 Å². The molecule has 0 bridgehead atoms. The SMILES string of the molecule is N[C@H]1CC[C@H](N2CC(F)C2)CC1. The van der Waals surface area contributed by atoms with Crippen molar-refractivity contribution < 1.29 is 4.39 Å². The molecule has 1 saturated heterocycles. The summed E-state index contributed by atoms with van der Waals surface area (Å²) in [6, 6.07) is 1.04. The van der Waals surface area contributed by atoms with Crippen LogP contribution in [0.5, 0.6) is 0 Å². The van der Waals surface area contributed by atoms with Crippen molar-refractivity contribution in [2.45, 2.75) is 43.9 Å². The topological polar surface area (TPSA) is 29.3 Å². The van der Waals surface area contributed by atoms with Crippen LogP contribution in [-0.2, 0) is 0 Å². The highest BCUT2D eigenvalue weighted by molar-refractivity contribution is 4.88. The molecule has 0 aromatic heterocycles. The lowest BCUT2D eigenvalue weighted by Crippen LogP contribution is -2.54. The Morgan fingerprint density at radius 1 is 1.08 bits per heavy atom. The largest absolute Gasteiger partial charge is 0.328 e. The quantitative estimate of drug-likeness (QED) is 0.637. The number of nitrogens with zero attached hydrogens (tertiary/aromatic N) is 1. The lowest BCUT2D eigenvalue weighted by molar-refractivity contribution is 0.0123. The number of halogens is 1. The molecule has 1 saturated carbocycles. The van der Waals surface area contributed by atoms with Crippen molar-refractivity contribution in [3.05, 3.63) is 0 Å². The van der Waals surface area contributed by atoms with Crippen LogP contribution in [0.15, 0.2) is 0 Å². The van der Waals surface area contributed by atoms with Gasteiger partial charge in [0, 0.05) is 25.2 Å². The van der Waals surface area contributed by atoms with Crippen LogP contribution in [0.2, 0.25) is 0 Å². The molecule has 0 spiro atoms. The predicted molar refractivity (Wildman–Crippen MR) is 46.7 cm³/mol. The van der Waals surface area contributed by atoms with Gasteiger partial charge < -0.3 is 5.73 Å². The van der Waals surface area contributed by atoms with Crippen molar-refractivity contribution >= 4 is 0 Å². The molecule has 0 unspecified atom stereocenters. The van der Waals surface area contributed by atoms with Crippen LogP contribution in [0, 0.1) is 0 Å². The Balaban J connectivity index is 1.75. The van der Waals surface area contributed by atoms with E-state index in [1.165, 1.54) is 12.8 Å². The third kappa shape index (κ3) is 1.62. The average molecular weight is 172 g/mol. The van der Waals surface area contributed by atoms with E-state index in [1.807, 2.05) is 0 Å². The highest BCUT2D eigenvalue weighted by Gasteiger charge is 2.33. The highest BCUT2D eigenvalue weighted by atomic mass is 19.1. The second kappa shape index (κ2) is 3.30. The Kier molecular flexibility index (Phi) is 2.33. The minimum atomic E-state index is -0.555. The molecule has 2 aliphatic rings. The van der Waals surface area contributed by atoms with Gasteiger partial charge in [0.05, 0.1) is 0 Å². The van der Waals surface area contributed by atoms with Crippen LogP contribution < -0.4 is 5.73 Å². The molecular formula is C9H17FN2. The van der Waals surface area contributed by atoms with Crippen LogP contribution in [0.25, 0.3) is 0 Å². The lowest BCUT2D eigenvalue weighted by Gasteiger charge is -2.43. The second-order valence-electron chi connectivity index (χ2n) is 4.12. The molecule has 0 amide bonds. The van der Waals surface area contributed by atoms with Gasteiger partial charge in [-0.15, -0.1) is 0 Å². The maximum absolute atomic E-state index is 12.5. The summed E-state index contributed by atoms with van der Waals surface area (Å²) >= 11 is 0. The van der Waals surface area contributed by atoms with Gasteiger partial charge in [-0.25, -0.2) is 4.39 Å². The summed E-state index contributed by atoms with van der Waals surface area (Å²) in [5, 5.41) is 0. The summed E-state index contributed by atoms with van der Waals surface area (Å²) in [6.45, 7) is 1.33. The van der Waals surface area contributed by atoms with Crippen LogP contribution in [0.1, 0.15) is 25.7 Å². The van der Waals surface area contributed by atoms with Gasteiger partial charge in [0.25, 0.3) is 0 Å². The molecule has 0 radical (unpaired) electrons. The third-order valence-corrected chi connectivity index (χ3v) is 3.12. The monoisotopic (exact) mass is 172 g/mol. The van der Waals surface area contributed by atoms with E-state index in [-0.39, 0.29) is 0 Å². The molecule has 2 nitrogen and oxygen atoms in total. The fourth-order valence-corrected chi connectivity index (χ4v) is 2.22. The van der Waals surface area contributed by atoms with E-state index in [4.69, 9.17) is 5.73 Å². The van der Waals surface area contributed by atoms with Gasteiger partial charge in [-0.2, -0.15) is 0 Å². The van der Waals surface area contributed by atoms with E-state index in [0.717, 1.165) is 12.8 Å². The number of hydrogen-bond donors (Lipinski definition) is 1. The molecule has 0 atom stereocenters. The van der Waals surface area contributed by atoms with E-state index in [1.54, 1.807) is 0 Å². The minimum absolute atomic E-state index is 0.406. The van der Waals surface area contributed by atoms with E-state index >= 15 is 0 Å². The van der Waals surface area contributed by atoms with Crippen molar-refractivity contribution in [2.75, 3.05) is 13.1 Å². The smallest absolute Gasteiger partial charge is 0.125 e. The Morgan fingerprint density at radius 3 is 2.17 bits per heavy atom. The van der Waals surface area contributed by atoms with Gasteiger partial charge in [-0.1, -0.05) is 0 Å². The van der Waals surface area contributed by atoms with Crippen LogP contribution in [0.3, 0.4) is 0 Å². The van der Waals surface area contributed by atoms with E-state index in [0.29, 0.717) is 25.2 Å². The van der Waals surface area contributed by atoms with Gasteiger partial charge in [0.1, 0.15) is 6.17 Å². The zero-order chi connectivity index (χ0) is 8.55. The van der Waals surface area contributed by atoms with Crippen LogP contribution >= 0.6 is 0 Å². The van der Waals surface area contributed by atoms with Gasteiger partial charge in [-0.05, 0) is 25.7 Å². The predicted octanol–water partition coefficient (Wildman–Crippen LogP) is 0.910. The maximum atomic E-state index is 12.5. The number of likely N-dealkylation sites (tertiary alicyclic amines) is 1. The van der Waals surface area contributed by atoms with Gasteiger partial charge in [-0.3, -0.25) is 4.90 Å². The molecule has 12 heavy (non-hydrogen) atoms. The standard InChI is InChI=1S/C9H17FN2/c10-7-5-12(6-7)9-3-1-8(11)2-4-9/h7-9H,1-6,11H2/t8-,9-. The lowest BCUT2D eigenvalue weighted by atomic mass is 9.89. The number of nitrogens with two attached hydrogens (primary N) is 1. The van der Waals surface area contributed by atoms with Crippen molar-refractivity contribution in [1.29, 1.82) is 0 Å². The normalized spacial score (nSPS) is 39.5. The minimum Gasteiger partial charge on any atom is -0.328 e. The summed E-state index contributed by atoms with van der Waals surface area (Å²) in [6.07, 6.45) is 4.04. The van der Waals surface area contributed by atoms with E-state index in [9.17, 15) is 4.39 Å². The van der Waals surface area contributed by atoms with E-state index in [2.05, 4.69) is 4.90 Å². The van der Waals surface area contributed by atoms with Gasteiger partial charge >= 0.3 is 0 Å². The van der Waals surface area contributed by atoms with Crippen molar-refractivity contribution in [2.24, 2.45) is 5.73 Å². The van der Waals surface area contributed by atoms with Crippen molar-refractivity contribution in [3.8, 4) is 0 Å². The van der Waals surface area contributed by atoms with Crippen molar-refractivity contribution in [1.82, 2.24) is 4.90 Å². The molecule has 70 valence electrons. The number of alkyl halides is 1. The summed E-state index contributed by atoms with van der Waals surface area (Å²) in [7, 11) is 0. The van der Waals surface area contributed by atoms with Crippen molar-refractivity contribution in [3.63, 3.8) is 0 Å². The molecule has 3 heteroatoms. The first-order chi connectivity index (χ1) is 5.75. The molecule has 0 aromatic rings. The second-order valence-corrected chi connectivity index (χ2v) is 4.12. The Morgan fingerprint density at radius 2 is 1.67 bits per heavy atom. The molecule has 0 aromatic carbocycles. The Hall–Kier alpha value is -0.150. The molecule has 1 heterocycles. The van der Waals surface area contributed by atoms with E-state index < -0.39 is 6.17 Å². The summed E-state index contributed by atoms with van der Waals surface area (Å²) < 4.78 is 12.5. The fourth-order valence-electron chi connectivity index (χ4n) is 2.22. The average Bonchev–Trinajstić information content (AvgIpc) is 2.01. The number of hydrogen-bond acceptors (Lipinski definition) is 2. The summed E-state index contributed by atoms with van der Waals surface area (Å²) in [5.74, 6) is 0. The molecular weight excluding hydrogens is 155 g/mol. The first kappa shape index (κ1) is 8.45. The van der Waals surface area contributed by atoms with Crippen LogP contribution in [-0.4, -0.2) is 36.2 Å². The fraction of sp³-hybridized carbons (Fsp3) is 1.00. The highest BCUT2D eigenvalue weighted by Crippen LogP contribution is 2.26. The Bertz CT molecular complexity index is 149. The first-order valence-electron chi connectivity index (χ1n) is 4.89. The third-order valence-electron chi connectivity index (χ3n) is 3.12. The van der Waals surface area contributed by atoms with Gasteiger partial charge in [0.15, 0.2) is 0 Å². The first-order valence-corrected chi connectivity index (χ1v) is 4.89. The molecule has 2 N–H and O–H groups in total. The van der Waals surface area contributed by atoms with Gasteiger partial charge in [0.2, 0.25) is 0 Å². The summed E-state index contributed by atoms with van der Waals surface area (Å²) in [5.41, 5.74) is 5.79. The number of rotatable bonds is 1. The zero-order valence-electron chi connectivity index (χ0n) is 7.38. The molecule has 2 rings (SSSR count). The molecule has 2 fully saturated rings. The zero-order valence-corrected chi connectivity index (χ0v) is 7.38. The Labute approximate surface area is 72.9 Å². The molecule has 1 aliphatic heterocycles. The molecule has 1 aliphatic carbocycles.